The molecule has 0 aliphatic heterocycles. The summed E-state index contributed by atoms with van der Waals surface area (Å²) in [6, 6.07) is 11.2. The van der Waals surface area contributed by atoms with Gasteiger partial charge in [0.1, 0.15) is 0 Å². The SMILES string of the molecule is CCCNC(Cc1sccc1Br)c1ccccc1SC. The van der Waals surface area contributed by atoms with Crippen LogP contribution in [0.1, 0.15) is 29.8 Å². The fourth-order valence-electron chi connectivity index (χ4n) is 2.22. The largest absolute Gasteiger partial charge is 0.310 e. The number of halogens is 1. The maximum Gasteiger partial charge on any atom is 0.0380 e. The van der Waals surface area contributed by atoms with E-state index < -0.39 is 0 Å². The van der Waals surface area contributed by atoms with Crippen molar-refractivity contribution in [2.45, 2.75) is 30.7 Å². The molecule has 0 radical (unpaired) electrons. The van der Waals surface area contributed by atoms with Crippen LogP contribution in [0.5, 0.6) is 0 Å². The molecule has 0 aliphatic carbocycles. The highest BCUT2D eigenvalue weighted by Crippen LogP contribution is 2.32. The van der Waals surface area contributed by atoms with E-state index in [1.54, 1.807) is 0 Å². The molecule has 1 unspecified atom stereocenters. The van der Waals surface area contributed by atoms with Crippen molar-refractivity contribution in [3.05, 3.63) is 50.6 Å². The van der Waals surface area contributed by atoms with Gasteiger partial charge >= 0.3 is 0 Å². The molecule has 0 bridgehead atoms. The van der Waals surface area contributed by atoms with Crippen LogP contribution in [0.4, 0.5) is 0 Å². The van der Waals surface area contributed by atoms with Gasteiger partial charge in [0.25, 0.3) is 0 Å². The molecule has 0 fully saturated rings. The zero-order valence-electron chi connectivity index (χ0n) is 11.9. The summed E-state index contributed by atoms with van der Waals surface area (Å²) in [6.45, 7) is 3.27. The van der Waals surface area contributed by atoms with Gasteiger partial charge in [-0.15, -0.1) is 23.1 Å². The van der Waals surface area contributed by atoms with E-state index in [-0.39, 0.29) is 0 Å². The molecule has 1 aromatic carbocycles. The minimum atomic E-state index is 0.383. The second kappa shape index (κ2) is 8.23. The van der Waals surface area contributed by atoms with Gasteiger partial charge in [-0.3, -0.25) is 0 Å². The van der Waals surface area contributed by atoms with Crippen molar-refractivity contribution >= 4 is 39.0 Å². The zero-order chi connectivity index (χ0) is 14.4. The smallest absolute Gasteiger partial charge is 0.0380 e. The highest BCUT2D eigenvalue weighted by molar-refractivity contribution is 9.10. The van der Waals surface area contributed by atoms with Crippen LogP contribution in [0.3, 0.4) is 0 Å². The maximum absolute atomic E-state index is 3.70. The summed E-state index contributed by atoms with van der Waals surface area (Å²) in [6.07, 6.45) is 4.34. The average Bonchev–Trinajstić information content (AvgIpc) is 2.88. The molecule has 0 spiro atoms. The highest BCUT2D eigenvalue weighted by Gasteiger charge is 2.16. The third kappa shape index (κ3) is 4.10. The van der Waals surface area contributed by atoms with Crippen molar-refractivity contribution in [3.63, 3.8) is 0 Å². The predicted molar refractivity (Wildman–Crippen MR) is 95.0 cm³/mol. The Morgan fingerprint density at radius 2 is 2.10 bits per heavy atom. The minimum absolute atomic E-state index is 0.383. The molecule has 20 heavy (non-hydrogen) atoms. The Labute approximate surface area is 138 Å². The first-order valence-corrected chi connectivity index (χ1v) is 9.74. The van der Waals surface area contributed by atoms with Crippen LogP contribution >= 0.6 is 39.0 Å². The summed E-state index contributed by atoms with van der Waals surface area (Å²) in [5.74, 6) is 0. The van der Waals surface area contributed by atoms with E-state index in [1.807, 2.05) is 23.1 Å². The average molecular weight is 370 g/mol. The third-order valence-electron chi connectivity index (χ3n) is 3.24. The lowest BCUT2D eigenvalue weighted by Gasteiger charge is -2.21. The van der Waals surface area contributed by atoms with Gasteiger partial charge in [-0.2, -0.15) is 0 Å². The Kier molecular flexibility index (Phi) is 6.62. The Balaban J connectivity index is 2.24. The normalized spacial score (nSPS) is 12.6. The van der Waals surface area contributed by atoms with Crippen LogP contribution in [0, 0.1) is 0 Å². The topological polar surface area (TPSA) is 12.0 Å². The molecule has 1 nitrogen and oxygen atoms in total. The molecule has 1 atom stereocenters. The Morgan fingerprint density at radius 3 is 2.75 bits per heavy atom. The molecule has 1 aromatic heterocycles. The molecular formula is C16H20BrNS2. The molecule has 2 aromatic rings. The summed E-state index contributed by atoms with van der Waals surface area (Å²) < 4.78 is 1.23. The lowest BCUT2D eigenvalue weighted by Crippen LogP contribution is -2.24. The molecule has 2 rings (SSSR count). The van der Waals surface area contributed by atoms with Gasteiger partial charge in [0.2, 0.25) is 0 Å². The molecule has 0 amide bonds. The minimum Gasteiger partial charge on any atom is -0.310 e. The Bertz CT molecular complexity index is 539. The van der Waals surface area contributed by atoms with Gasteiger partial charge in [-0.25, -0.2) is 0 Å². The van der Waals surface area contributed by atoms with Gasteiger partial charge in [0.05, 0.1) is 0 Å². The van der Waals surface area contributed by atoms with E-state index >= 15 is 0 Å². The zero-order valence-corrected chi connectivity index (χ0v) is 15.1. The first kappa shape index (κ1) is 16.1. The first-order valence-electron chi connectivity index (χ1n) is 6.84. The van der Waals surface area contributed by atoms with E-state index in [2.05, 4.69) is 70.1 Å². The molecule has 0 saturated heterocycles. The lowest BCUT2D eigenvalue weighted by molar-refractivity contribution is 0.525. The highest BCUT2D eigenvalue weighted by atomic mass is 79.9. The number of thioether (sulfide) groups is 1. The number of nitrogens with one attached hydrogen (secondary N) is 1. The number of hydrogen-bond donors (Lipinski definition) is 1. The van der Waals surface area contributed by atoms with Crippen LogP contribution in [0.2, 0.25) is 0 Å². The number of rotatable bonds is 7. The number of hydrogen-bond acceptors (Lipinski definition) is 3. The van der Waals surface area contributed by atoms with Gasteiger partial charge in [-0.05, 0) is 58.2 Å². The van der Waals surface area contributed by atoms with E-state index in [9.17, 15) is 0 Å². The summed E-state index contributed by atoms with van der Waals surface area (Å²) in [7, 11) is 0. The first-order chi connectivity index (χ1) is 9.76. The Hall–Kier alpha value is -0.290. The molecule has 0 aliphatic rings. The summed E-state index contributed by atoms with van der Waals surface area (Å²) in [4.78, 5) is 2.78. The van der Waals surface area contributed by atoms with Crippen LogP contribution in [0.25, 0.3) is 0 Å². The monoisotopic (exact) mass is 369 g/mol. The maximum atomic E-state index is 3.70. The van der Waals surface area contributed by atoms with Gasteiger partial charge in [0.15, 0.2) is 0 Å². The van der Waals surface area contributed by atoms with E-state index in [4.69, 9.17) is 0 Å². The van der Waals surface area contributed by atoms with Crippen LogP contribution < -0.4 is 5.32 Å². The van der Waals surface area contributed by atoms with E-state index in [0.29, 0.717) is 6.04 Å². The van der Waals surface area contributed by atoms with Gasteiger partial charge in [-0.1, -0.05) is 25.1 Å². The fraction of sp³-hybridized carbons (Fsp3) is 0.375. The second-order valence-electron chi connectivity index (χ2n) is 4.64. The van der Waals surface area contributed by atoms with Gasteiger partial charge < -0.3 is 5.32 Å². The standard InChI is InChI=1S/C16H20BrNS2/c1-3-9-18-14(11-16-13(17)8-10-20-16)12-6-4-5-7-15(12)19-2/h4-8,10,14,18H,3,9,11H2,1-2H3. The van der Waals surface area contributed by atoms with Crippen LogP contribution in [0.15, 0.2) is 45.1 Å². The van der Waals surface area contributed by atoms with Crippen molar-refractivity contribution in [1.82, 2.24) is 5.32 Å². The van der Waals surface area contributed by atoms with Crippen LogP contribution in [-0.4, -0.2) is 12.8 Å². The van der Waals surface area contributed by atoms with Crippen molar-refractivity contribution in [3.8, 4) is 0 Å². The van der Waals surface area contributed by atoms with E-state index in [0.717, 1.165) is 19.4 Å². The van der Waals surface area contributed by atoms with Gasteiger partial charge in [0, 0.05) is 26.7 Å². The summed E-state index contributed by atoms with van der Waals surface area (Å²) >= 11 is 7.30. The van der Waals surface area contributed by atoms with E-state index in [1.165, 1.54) is 19.8 Å². The summed E-state index contributed by atoms with van der Waals surface area (Å²) in [5, 5.41) is 5.85. The fourth-order valence-corrected chi connectivity index (χ4v) is 4.44. The molecule has 4 heteroatoms. The number of benzene rings is 1. The molecular weight excluding hydrogens is 350 g/mol. The molecule has 0 saturated carbocycles. The third-order valence-corrected chi connectivity index (χ3v) is 6.00. The Morgan fingerprint density at radius 1 is 1.30 bits per heavy atom. The van der Waals surface area contributed by atoms with Crippen molar-refractivity contribution in [1.29, 1.82) is 0 Å². The van der Waals surface area contributed by atoms with Crippen molar-refractivity contribution in [2.24, 2.45) is 0 Å². The summed E-state index contributed by atoms with van der Waals surface area (Å²) in [5.41, 5.74) is 1.41. The second-order valence-corrected chi connectivity index (χ2v) is 7.35. The predicted octanol–water partition coefficient (Wildman–Crippen LogP) is 5.52. The molecule has 1 heterocycles. The lowest BCUT2D eigenvalue weighted by atomic mass is 10.0. The quantitative estimate of drug-likeness (QED) is 0.645. The molecule has 1 N–H and O–H groups in total. The van der Waals surface area contributed by atoms with Crippen molar-refractivity contribution in [2.75, 3.05) is 12.8 Å². The molecule has 108 valence electrons. The van der Waals surface area contributed by atoms with Crippen molar-refractivity contribution < 1.29 is 0 Å². The van der Waals surface area contributed by atoms with Crippen LogP contribution in [-0.2, 0) is 6.42 Å². The number of thiophene rings is 1.